The fourth-order valence-electron chi connectivity index (χ4n) is 2.51. The molecule has 0 fully saturated rings. The number of aryl methyl sites for hydroxylation is 2. The number of hydrogen-bond donors (Lipinski definition) is 2. The first-order chi connectivity index (χ1) is 12.1. The highest BCUT2D eigenvalue weighted by Crippen LogP contribution is 2.21. The molecule has 0 bridgehead atoms. The molecule has 0 aliphatic heterocycles. The van der Waals surface area contributed by atoms with Gasteiger partial charge in [0, 0.05) is 11.8 Å². The third-order valence-electron chi connectivity index (χ3n) is 3.75. The van der Waals surface area contributed by atoms with Crippen LogP contribution in [0.1, 0.15) is 25.0 Å². The Kier molecular flexibility index (Phi) is 7.14. The van der Waals surface area contributed by atoms with Gasteiger partial charge in [0.15, 0.2) is 0 Å². The second kappa shape index (κ2) is 9.57. The third-order valence-corrected chi connectivity index (χ3v) is 3.75. The Bertz CT molecular complexity index is 701. The monoisotopic (exact) mass is 342 g/mol. The van der Waals surface area contributed by atoms with Crippen molar-refractivity contribution in [2.24, 2.45) is 0 Å². The van der Waals surface area contributed by atoms with Gasteiger partial charge >= 0.3 is 6.03 Å². The fraction of sp³-hybridized carbons (Fsp3) is 0.350. The second-order valence-corrected chi connectivity index (χ2v) is 5.60. The summed E-state index contributed by atoms with van der Waals surface area (Å²) < 4.78 is 11.1. The topological polar surface area (TPSA) is 59.6 Å². The molecule has 0 spiro atoms. The number of para-hydroxylation sites is 1. The van der Waals surface area contributed by atoms with Gasteiger partial charge in [0.25, 0.3) is 0 Å². The van der Waals surface area contributed by atoms with E-state index < -0.39 is 0 Å². The van der Waals surface area contributed by atoms with Crippen LogP contribution in [-0.4, -0.2) is 25.8 Å². The van der Waals surface area contributed by atoms with Crippen molar-refractivity contribution < 1.29 is 14.3 Å². The van der Waals surface area contributed by atoms with Gasteiger partial charge in [0.1, 0.15) is 18.1 Å². The van der Waals surface area contributed by atoms with E-state index in [9.17, 15) is 4.79 Å². The molecule has 134 valence electrons. The summed E-state index contributed by atoms with van der Waals surface area (Å²) in [5, 5.41) is 5.74. The number of ether oxygens (including phenoxy) is 2. The van der Waals surface area contributed by atoms with E-state index in [-0.39, 0.29) is 6.03 Å². The predicted octanol–water partition coefficient (Wildman–Crippen LogP) is 4.16. The molecule has 2 aromatic carbocycles. The minimum Gasteiger partial charge on any atom is -0.494 e. The van der Waals surface area contributed by atoms with Crippen molar-refractivity contribution >= 4 is 11.7 Å². The molecule has 0 aliphatic carbocycles. The van der Waals surface area contributed by atoms with Crippen LogP contribution in [-0.2, 0) is 6.42 Å². The van der Waals surface area contributed by atoms with Crippen LogP contribution in [0.4, 0.5) is 10.5 Å². The van der Waals surface area contributed by atoms with Crippen molar-refractivity contribution in [2.45, 2.75) is 27.2 Å². The highest BCUT2D eigenvalue weighted by atomic mass is 16.5. The van der Waals surface area contributed by atoms with E-state index in [0.717, 1.165) is 34.7 Å². The lowest BCUT2D eigenvalue weighted by Crippen LogP contribution is -2.32. The first kappa shape index (κ1) is 18.6. The van der Waals surface area contributed by atoms with Gasteiger partial charge in [-0.1, -0.05) is 31.2 Å². The van der Waals surface area contributed by atoms with E-state index in [4.69, 9.17) is 9.47 Å². The van der Waals surface area contributed by atoms with Crippen molar-refractivity contribution in [2.75, 3.05) is 25.1 Å². The van der Waals surface area contributed by atoms with Crippen LogP contribution in [0.2, 0.25) is 0 Å². The molecule has 0 saturated carbocycles. The van der Waals surface area contributed by atoms with Gasteiger partial charge in [0.05, 0.1) is 13.2 Å². The van der Waals surface area contributed by atoms with Crippen molar-refractivity contribution in [1.82, 2.24) is 5.32 Å². The maximum Gasteiger partial charge on any atom is 0.319 e. The Labute approximate surface area is 149 Å². The van der Waals surface area contributed by atoms with Gasteiger partial charge in [-0.3, -0.25) is 0 Å². The van der Waals surface area contributed by atoms with Gasteiger partial charge in [-0.15, -0.1) is 0 Å². The summed E-state index contributed by atoms with van der Waals surface area (Å²) in [5.74, 6) is 1.50. The van der Waals surface area contributed by atoms with E-state index in [2.05, 4.69) is 17.6 Å². The summed E-state index contributed by atoms with van der Waals surface area (Å²) in [5.41, 5.74) is 3.06. The molecule has 0 atom stereocenters. The number of anilines is 1. The highest BCUT2D eigenvalue weighted by molar-refractivity contribution is 5.91. The molecule has 0 radical (unpaired) electrons. The summed E-state index contributed by atoms with van der Waals surface area (Å²) >= 11 is 0. The van der Waals surface area contributed by atoms with Gasteiger partial charge in [0.2, 0.25) is 0 Å². The smallest absolute Gasteiger partial charge is 0.319 e. The zero-order chi connectivity index (χ0) is 18.1. The van der Waals surface area contributed by atoms with Crippen LogP contribution in [0.3, 0.4) is 0 Å². The van der Waals surface area contributed by atoms with Crippen molar-refractivity contribution in [1.29, 1.82) is 0 Å². The van der Waals surface area contributed by atoms with Crippen LogP contribution < -0.4 is 20.1 Å². The molecule has 0 unspecified atom stereocenters. The Morgan fingerprint density at radius 1 is 1.04 bits per heavy atom. The number of urea groups is 1. The standard InChI is InChI=1S/C20H26N2O3/c1-4-16-9-6-8-15(3)19(16)22-20(23)21-12-13-25-18-11-7-10-17(14-18)24-5-2/h6-11,14H,4-5,12-13H2,1-3H3,(H2,21,22,23). The maximum absolute atomic E-state index is 12.1. The van der Waals surface area contributed by atoms with E-state index in [0.29, 0.717) is 19.8 Å². The third kappa shape index (κ3) is 5.71. The minimum atomic E-state index is -0.226. The number of amides is 2. The number of carbonyl (C=O) groups excluding carboxylic acids is 1. The predicted molar refractivity (Wildman–Crippen MR) is 101 cm³/mol. The molecular formula is C20H26N2O3. The molecule has 0 aliphatic rings. The lowest BCUT2D eigenvalue weighted by Gasteiger charge is -2.14. The quantitative estimate of drug-likeness (QED) is 0.708. The van der Waals surface area contributed by atoms with Crippen LogP contribution in [0.25, 0.3) is 0 Å². The van der Waals surface area contributed by atoms with Gasteiger partial charge < -0.3 is 20.1 Å². The lowest BCUT2D eigenvalue weighted by molar-refractivity contribution is 0.247. The minimum absolute atomic E-state index is 0.226. The van der Waals surface area contributed by atoms with Crippen molar-refractivity contribution in [3.63, 3.8) is 0 Å². The normalized spacial score (nSPS) is 10.2. The second-order valence-electron chi connectivity index (χ2n) is 5.60. The molecule has 5 heteroatoms. The Balaban J connectivity index is 1.79. The van der Waals surface area contributed by atoms with Crippen molar-refractivity contribution in [3.8, 4) is 11.5 Å². The molecule has 25 heavy (non-hydrogen) atoms. The Morgan fingerprint density at radius 3 is 2.48 bits per heavy atom. The van der Waals surface area contributed by atoms with E-state index in [1.165, 1.54) is 0 Å². The number of hydrogen-bond acceptors (Lipinski definition) is 3. The number of rotatable bonds is 8. The zero-order valence-electron chi connectivity index (χ0n) is 15.1. The maximum atomic E-state index is 12.1. The molecule has 2 amide bonds. The highest BCUT2D eigenvalue weighted by Gasteiger charge is 2.08. The van der Waals surface area contributed by atoms with Crippen molar-refractivity contribution in [3.05, 3.63) is 53.6 Å². The first-order valence-electron chi connectivity index (χ1n) is 8.63. The molecule has 2 rings (SSSR count). The lowest BCUT2D eigenvalue weighted by atomic mass is 10.1. The van der Waals surface area contributed by atoms with Gasteiger partial charge in [-0.2, -0.15) is 0 Å². The van der Waals surface area contributed by atoms with Crippen LogP contribution in [0.5, 0.6) is 11.5 Å². The summed E-state index contributed by atoms with van der Waals surface area (Å²) in [7, 11) is 0. The van der Waals surface area contributed by atoms with E-state index in [1.807, 2.05) is 56.3 Å². The summed E-state index contributed by atoms with van der Waals surface area (Å²) in [6, 6.07) is 13.3. The number of benzene rings is 2. The number of nitrogens with one attached hydrogen (secondary N) is 2. The summed E-state index contributed by atoms with van der Waals surface area (Å²) in [6.07, 6.45) is 0.872. The summed E-state index contributed by atoms with van der Waals surface area (Å²) in [6.45, 7) is 7.42. The fourth-order valence-corrected chi connectivity index (χ4v) is 2.51. The molecule has 0 aromatic heterocycles. The molecule has 5 nitrogen and oxygen atoms in total. The van der Waals surface area contributed by atoms with Crippen LogP contribution >= 0.6 is 0 Å². The molecule has 0 saturated heterocycles. The zero-order valence-corrected chi connectivity index (χ0v) is 15.1. The average Bonchev–Trinajstić information content (AvgIpc) is 2.61. The molecule has 2 N–H and O–H groups in total. The Morgan fingerprint density at radius 2 is 1.76 bits per heavy atom. The van der Waals surface area contributed by atoms with Gasteiger partial charge in [-0.25, -0.2) is 4.79 Å². The molecule has 0 heterocycles. The van der Waals surface area contributed by atoms with E-state index >= 15 is 0 Å². The largest absolute Gasteiger partial charge is 0.494 e. The Hall–Kier alpha value is -2.69. The molecular weight excluding hydrogens is 316 g/mol. The average molecular weight is 342 g/mol. The van der Waals surface area contributed by atoms with Crippen LogP contribution in [0, 0.1) is 6.92 Å². The number of carbonyl (C=O) groups is 1. The molecule has 2 aromatic rings. The first-order valence-corrected chi connectivity index (χ1v) is 8.63. The summed E-state index contributed by atoms with van der Waals surface area (Å²) in [4.78, 5) is 12.1. The van der Waals surface area contributed by atoms with Crippen LogP contribution in [0.15, 0.2) is 42.5 Å². The van der Waals surface area contributed by atoms with Gasteiger partial charge in [-0.05, 0) is 43.5 Å². The van der Waals surface area contributed by atoms with E-state index in [1.54, 1.807) is 0 Å². The SMILES string of the molecule is CCOc1cccc(OCCNC(=O)Nc2c(C)cccc2CC)c1.